The lowest BCUT2D eigenvalue weighted by Crippen LogP contribution is -2.02. The molecule has 0 fully saturated rings. The fourth-order valence-corrected chi connectivity index (χ4v) is 1.99. The van der Waals surface area contributed by atoms with E-state index >= 15 is 0 Å². The van der Waals surface area contributed by atoms with Crippen molar-refractivity contribution in [2.24, 2.45) is 5.92 Å². The van der Waals surface area contributed by atoms with Crippen molar-refractivity contribution in [3.8, 4) is 5.75 Å². The highest BCUT2D eigenvalue weighted by molar-refractivity contribution is 7.13. The van der Waals surface area contributed by atoms with Crippen LogP contribution in [-0.2, 0) is 6.54 Å². The minimum absolute atomic E-state index is 0.676. The van der Waals surface area contributed by atoms with Crippen molar-refractivity contribution >= 4 is 16.5 Å². The van der Waals surface area contributed by atoms with Gasteiger partial charge in [-0.05, 0) is 30.0 Å². The molecule has 0 aliphatic rings. The maximum absolute atomic E-state index is 5.68. The van der Waals surface area contributed by atoms with Crippen LogP contribution in [0.2, 0.25) is 0 Å². The van der Waals surface area contributed by atoms with E-state index in [9.17, 15) is 0 Å². The van der Waals surface area contributed by atoms with Gasteiger partial charge in [0.15, 0.2) is 0 Å². The molecular formula is C14H19N3OS. The Morgan fingerprint density at radius 3 is 2.68 bits per heavy atom. The van der Waals surface area contributed by atoms with Crippen molar-refractivity contribution in [2.45, 2.75) is 26.8 Å². The Bertz CT molecular complexity index is 468. The third-order valence-corrected chi connectivity index (χ3v) is 3.34. The van der Waals surface area contributed by atoms with Gasteiger partial charge in [-0.1, -0.05) is 37.3 Å². The summed E-state index contributed by atoms with van der Waals surface area (Å²) in [6.07, 6.45) is 1.08. The lowest BCUT2D eigenvalue weighted by molar-refractivity contribution is 0.289. The lowest BCUT2D eigenvalue weighted by Gasteiger charge is -2.09. The fraction of sp³-hybridized carbons (Fsp3) is 0.429. The van der Waals surface area contributed by atoms with Crippen LogP contribution in [0.4, 0.5) is 5.13 Å². The predicted octanol–water partition coefficient (Wildman–Crippen LogP) is 3.58. The summed E-state index contributed by atoms with van der Waals surface area (Å²) in [5, 5.41) is 11.8. The van der Waals surface area contributed by atoms with Gasteiger partial charge < -0.3 is 10.1 Å². The number of aromatic nitrogens is 2. The fourth-order valence-electron chi connectivity index (χ4n) is 1.54. The van der Waals surface area contributed by atoms with Gasteiger partial charge in [-0.3, -0.25) is 0 Å². The van der Waals surface area contributed by atoms with Crippen molar-refractivity contribution in [3.05, 3.63) is 35.3 Å². The van der Waals surface area contributed by atoms with E-state index in [0.29, 0.717) is 5.92 Å². The molecule has 1 aromatic carbocycles. The van der Waals surface area contributed by atoms with E-state index in [1.54, 1.807) is 5.51 Å². The highest BCUT2D eigenvalue weighted by Gasteiger charge is 1.99. The number of rotatable bonds is 7. The van der Waals surface area contributed by atoms with E-state index < -0.39 is 0 Å². The lowest BCUT2D eigenvalue weighted by atomic mass is 10.1. The van der Waals surface area contributed by atoms with Crippen molar-refractivity contribution in [2.75, 3.05) is 11.9 Å². The molecule has 1 heterocycles. The Hall–Kier alpha value is -1.62. The van der Waals surface area contributed by atoms with Gasteiger partial charge in [0.05, 0.1) is 6.61 Å². The Kier molecular flexibility index (Phi) is 5.15. The van der Waals surface area contributed by atoms with E-state index in [-0.39, 0.29) is 0 Å². The molecule has 0 aliphatic carbocycles. The second kappa shape index (κ2) is 7.09. The molecular weight excluding hydrogens is 258 g/mol. The monoisotopic (exact) mass is 277 g/mol. The third kappa shape index (κ3) is 4.87. The summed E-state index contributed by atoms with van der Waals surface area (Å²) in [7, 11) is 0. The van der Waals surface area contributed by atoms with Crippen molar-refractivity contribution in [3.63, 3.8) is 0 Å². The number of hydrogen-bond acceptors (Lipinski definition) is 5. The van der Waals surface area contributed by atoms with Gasteiger partial charge >= 0.3 is 0 Å². The van der Waals surface area contributed by atoms with Crippen LogP contribution in [0.25, 0.3) is 0 Å². The predicted molar refractivity (Wildman–Crippen MR) is 78.6 cm³/mol. The number of nitrogens with zero attached hydrogens (tertiary/aromatic N) is 2. The zero-order chi connectivity index (χ0) is 13.5. The summed E-state index contributed by atoms with van der Waals surface area (Å²) in [5.41, 5.74) is 2.92. The van der Waals surface area contributed by atoms with Crippen LogP contribution in [0.1, 0.15) is 25.8 Å². The number of anilines is 1. The van der Waals surface area contributed by atoms with Gasteiger partial charge in [0, 0.05) is 6.54 Å². The maximum atomic E-state index is 5.68. The maximum Gasteiger partial charge on any atom is 0.205 e. The number of nitrogens with one attached hydrogen (secondary N) is 1. The average Bonchev–Trinajstić information content (AvgIpc) is 2.90. The molecule has 2 rings (SSSR count). The summed E-state index contributed by atoms with van der Waals surface area (Å²) in [5.74, 6) is 1.61. The molecule has 0 atom stereocenters. The Balaban J connectivity index is 1.77. The molecule has 0 amide bonds. The van der Waals surface area contributed by atoms with Crippen LogP contribution < -0.4 is 10.1 Å². The molecule has 1 N–H and O–H groups in total. The first-order valence-electron chi connectivity index (χ1n) is 6.46. The summed E-state index contributed by atoms with van der Waals surface area (Å²) in [6, 6.07) is 8.16. The molecule has 0 unspecified atom stereocenters. The van der Waals surface area contributed by atoms with E-state index in [1.165, 1.54) is 16.9 Å². The topological polar surface area (TPSA) is 47.0 Å². The van der Waals surface area contributed by atoms with Crippen LogP contribution in [0.5, 0.6) is 5.75 Å². The van der Waals surface area contributed by atoms with Gasteiger partial charge in [-0.15, -0.1) is 10.2 Å². The highest BCUT2D eigenvalue weighted by atomic mass is 32.1. The second-order valence-electron chi connectivity index (χ2n) is 4.77. The summed E-state index contributed by atoms with van der Waals surface area (Å²) < 4.78 is 5.68. The van der Waals surface area contributed by atoms with E-state index in [4.69, 9.17) is 4.74 Å². The molecule has 0 bridgehead atoms. The molecule has 0 saturated heterocycles. The number of hydrogen-bond donors (Lipinski definition) is 1. The molecule has 102 valence electrons. The summed E-state index contributed by atoms with van der Waals surface area (Å²) >= 11 is 1.50. The Labute approximate surface area is 117 Å². The first-order valence-corrected chi connectivity index (χ1v) is 7.34. The van der Waals surface area contributed by atoms with E-state index in [1.807, 2.05) is 12.1 Å². The van der Waals surface area contributed by atoms with Gasteiger partial charge in [-0.2, -0.15) is 0 Å². The van der Waals surface area contributed by atoms with Crippen LogP contribution in [0.3, 0.4) is 0 Å². The standard InChI is InChI=1S/C14H19N3OS/c1-11(2)7-8-18-13-5-3-12(4-6-13)9-15-14-17-16-10-19-14/h3-6,10-11H,7-9H2,1-2H3,(H,15,17). The minimum Gasteiger partial charge on any atom is -0.494 e. The van der Waals surface area contributed by atoms with Gasteiger partial charge in [0.2, 0.25) is 5.13 Å². The molecule has 2 aromatic rings. The zero-order valence-corrected chi connectivity index (χ0v) is 12.1. The molecule has 0 saturated carbocycles. The van der Waals surface area contributed by atoms with Crippen molar-refractivity contribution < 1.29 is 4.74 Å². The average molecular weight is 277 g/mol. The Morgan fingerprint density at radius 1 is 1.26 bits per heavy atom. The first-order chi connectivity index (χ1) is 9.24. The SMILES string of the molecule is CC(C)CCOc1ccc(CNc2nncs2)cc1. The quantitative estimate of drug-likeness (QED) is 0.840. The van der Waals surface area contributed by atoms with Crippen LogP contribution in [0, 0.1) is 5.92 Å². The molecule has 0 spiro atoms. The normalized spacial score (nSPS) is 10.7. The molecule has 0 radical (unpaired) electrons. The van der Waals surface area contributed by atoms with Crippen molar-refractivity contribution in [1.82, 2.24) is 10.2 Å². The van der Waals surface area contributed by atoms with E-state index in [2.05, 4.69) is 41.5 Å². The van der Waals surface area contributed by atoms with Gasteiger partial charge in [0.1, 0.15) is 11.3 Å². The molecule has 4 nitrogen and oxygen atoms in total. The van der Waals surface area contributed by atoms with Crippen LogP contribution >= 0.6 is 11.3 Å². The highest BCUT2D eigenvalue weighted by Crippen LogP contribution is 2.15. The largest absolute Gasteiger partial charge is 0.494 e. The van der Waals surface area contributed by atoms with Crippen LogP contribution in [-0.4, -0.2) is 16.8 Å². The van der Waals surface area contributed by atoms with Gasteiger partial charge in [-0.25, -0.2) is 0 Å². The molecule has 19 heavy (non-hydrogen) atoms. The number of benzene rings is 1. The van der Waals surface area contributed by atoms with Gasteiger partial charge in [0.25, 0.3) is 0 Å². The third-order valence-electron chi connectivity index (χ3n) is 2.69. The molecule has 0 aliphatic heterocycles. The summed E-state index contributed by atoms with van der Waals surface area (Å²) in [4.78, 5) is 0. The smallest absolute Gasteiger partial charge is 0.205 e. The number of ether oxygens (including phenoxy) is 1. The molecule has 5 heteroatoms. The minimum atomic E-state index is 0.676. The Morgan fingerprint density at radius 2 is 2.05 bits per heavy atom. The van der Waals surface area contributed by atoms with Crippen LogP contribution in [0.15, 0.2) is 29.8 Å². The van der Waals surface area contributed by atoms with E-state index in [0.717, 1.165) is 30.5 Å². The first kappa shape index (κ1) is 13.8. The zero-order valence-electron chi connectivity index (χ0n) is 11.3. The summed E-state index contributed by atoms with van der Waals surface area (Å²) in [6.45, 7) is 5.93. The van der Waals surface area contributed by atoms with Crippen molar-refractivity contribution in [1.29, 1.82) is 0 Å². The second-order valence-corrected chi connectivity index (χ2v) is 5.61. The molecule has 1 aromatic heterocycles.